The van der Waals surface area contributed by atoms with E-state index in [0.29, 0.717) is 10.6 Å². The maximum atomic E-state index is 11.8. The molecular formula is C16H21ClN2O5. The first kappa shape index (κ1) is 19.9. The second-order valence-corrected chi connectivity index (χ2v) is 5.86. The third kappa shape index (κ3) is 7.94. The Hall–Kier alpha value is -2.12. The van der Waals surface area contributed by atoms with Crippen molar-refractivity contribution in [1.82, 2.24) is 5.32 Å². The molecule has 1 amide bonds. The fourth-order valence-electron chi connectivity index (χ4n) is 2.40. The predicted molar refractivity (Wildman–Crippen MR) is 85.8 cm³/mol. The number of hydrogen-bond acceptors (Lipinski definition) is 4. The Kier molecular flexibility index (Phi) is 8.81. The average Bonchev–Trinajstić information content (AvgIpc) is 3.05. The van der Waals surface area contributed by atoms with Crippen molar-refractivity contribution in [3.63, 3.8) is 0 Å². The third-order valence-electron chi connectivity index (χ3n) is 3.56. The van der Waals surface area contributed by atoms with Crippen LogP contribution in [0.1, 0.15) is 29.6 Å². The van der Waals surface area contributed by atoms with E-state index < -0.39 is 11.9 Å². The molecule has 24 heavy (non-hydrogen) atoms. The molecule has 1 saturated heterocycles. The summed E-state index contributed by atoms with van der Waals surface area (Å²) in [5.41, 5.74) is 0.635. The van der Waals surface area contributed by atoms with E-state index in [0.717, 1.165) is 19.5 Å². The molecule has 0 bridgehead atoms. The highest BCUT2D eigenvalue weighted by Crippen LogP contribution is 2.10. The molecule has 0 aromatic heterocycles. The summed E-state index contributed by atoms with van der Waals surface area (Å²) in [6.45, 7) is 4.50. The van der Waals surface area contributed by atoms with Gasteiger partial charge in [-0.2, -0.15) is 0 Å². The highest BCUT2D eigenvalue weighted by Gasteiger charge is 2.14. The first-order chi connectivity index (χ1) is 11.4. The first-order valence-electron chi connectivity index (χ1n) is 7.71. The van der Waals surface area contributed by atoms with Crippen molar-refractivity contribution in [1.29, 1.82) is 0 Å². The van der Waals surface area contributed by atoms with Crippen LogP contribution >= 0.6 is 11.6 Å². The third-order valence-corrected chi connectivity index (χ3v) is 3.80. The minimum atomic E-state index is -2.07. The SMILES string of the molecule is O=C(NCCC[NH+]1CCCC1)c1cccc(Cl)c1.O=C([O-])C(=O)O. The normalized spacial score (nSPS) is 13.7. The second kappa shape index (κ2) is 10.6. The van der Waals surface area contributed by atoms with E-state index >= 15 is 0 Å². The highest BCUT2D eigenvalue weighted by atomic mass is 35.5. The second-order valence-electron chi connectivity index (χ2n) is 5.42. The summed E-state index contributed by atoms with van der Waals surface area (Å²) in [4.78, 5) is 31.5. The van der Waals surface area contributed by atoms with Crippen LogP contribution in [0.25, 0.3) is 0 Å². The van der Waals surface area contributed by atoms with Gasteiger partial charge in [0.05, 0.1) is 19.6 Å². The van der Waals surface area contributed by atoms with Gasteiger partial charge in [-0.15, -0.1) is 0 Å². The monoisotopic (exact) mass is 356 g/mol. The maximum Gasteiger partial charge on any atom is 0.351 e. The molecule has 1 aliphatic heterocycles. The summed E-state index contributed by atoms with van der Waals surface area (Å²) in [6, 6.07) is 7.05. The van der Waals surface area contributed by atoms with Gasteiger partial charge >= 0.3 is 5.97 Å². The standard InChI is InChI=1S/C14H19ClN2O.C2H2O4/c15-13-6-3-5-12(11-13)14(18)16-7-4-10-17-8-1-2-9-17;3-1(4)2(5)6/h3,5-6,11H,1-2,4,7-10H2,(H,16,18);(H,3,4)(H,5,6). The van der Waals surface area contributed by atoms with E-state index in [1.807, 2.05) is 0 Å². The van der Waals surface area contributed by atoms with Gasteiger partial charge in [-0.25, -0.2) is 4.79 Å². The molecule has 0 saturated carbocycles. The number of amides is 1. The van der Waals surface area contributed by atoms with E-state index in [9.17, 15) is 4.79 Å². The number of carbonyl (C=O) groups is 3. The molecule has 0 atom stereocenters. The molecule has 132 valence electrons. The molecule has 1 aliphatic rings. The Morgan fingerprint density at radius 1 is 1.25 bits per heavy atom. The Labute approximate surface area is 145 Å². The van der Waals surface area contributed by atoms with Crippen molar-refractivity contribution in [2.24, 2.45) is 0 Å². The summed E-state index contributed by atoms with van der Waals surface area (Å²) in [5.74, 6) is -4.04. The van der Waals surface area contributed by atoms with Gasteiger partial charge < -0.3 is 25.2 Å². The lowest BCUT2D eigenvalue weighted by Gasteiger charge is -2.12. The fourth-order valence-corrected chi connectivity index (χ4v) is 2.59. The summed E-state index contributed by atoms with van der Waals surface area (Å²) >= 11 is 5.85. The number of likely N-dealkylation sites (tertiary alicyclic amines) is 1. The lowest BCUT2D eigenvalue weighted by molar-refractivity contribution is -0.887. The lowest BCUT2D eigenvalue weighted by Crippen LogP contribution is -3.10. The van der Waals surface area contributed by atoms with Crippen molar-refractivity contribution in [2.75, 3.05) is 26.2 Å². The summed E-state index contributed by atoms with van der Waals surface area (Å²) < 4.78 is 0. The number of carboxylic acid groups (broad SMARTS) is 2. The quantitative estimate of drug-likeness (QED) is 0.461. The molecule has 1 fully saturated rings. The van der Waals surface area contributed by atoms with Gasteiger partial charge in [-0.05, 0) is 18.2 Å². The lowest BCUT2D eigenvalue weighted by atomic mass is 10.2. The molecule has 7 nitrogen and oxygen atoms in total. The number of hydrogen-bond donors (Lipinski definition) is 3. The summed E-state index contributed by atoms with van der Waals surface area (Å²) in [7, 11) is 0. The number of benzene rings is 1. The molecule has 1 heterocycles. The molecule has 3 N–H and O–H groups in total. The van der Waals surface area contributed by atoms with Crippen molar-refractivity contribution in [2.45, 2.75) is 19.3 Å². The highest BCUT2D eigenvalue weighted by molar-refractivity contribution is 6.31. The zero-order valence-corrected chi connectivity index (χ0v) is 14.0. The van der Waals surface area contributed by atoms with Crippen molar-refractivity contribution < 1.29 is 29.5 Å². The number of rotatable bonds is 5. The van der Waals surface area contributed by atoms with Gasteiger partial charge in [0.2, 0.25) is 0 Å². The summed E-state index contributed by atoms with van der Waals surface area (Å²) in [6.07, 6.45) is 3.75. The van der Waals surface area contributed by atoms with Crippen LogP contribution in [0.3, 0.4) is 0 Å². The van der Waals surface area contributed by atoms with Gasteiger partial charge in [0.15, 0.2) is 5.97 Å². The Morgan fingerprint density at radius 3 is 2.42 bits per heavy atom. The van der Waals surface area contributed by atoms with Crippen LogP contribution in [0.5, 0.6) is 0 Å². The zero-order valence-electron chi connectivity index (χ0n) is 13.2. The van der Waals surface area contributed by atoms with Gasteiger partial charge in [-0.1, -0.05) is 17.7 Å². The molecule has 0 aliphatic carbocycles. The van der Waals surface area contributed by atoms with E-state index in [1.54, 1.807) is 29.2 Å². The van der Waals surface area contributed by atoms with Crippen molar-refractivity contribution >= 4 is 29.4 Å². The van der Waals surface area contributed by atoms with Gasteiger partial charge in [0, 0.05) is 36.4 Å². The van der Waals surface area contributed by atoms with Crippen LogP contribution in [0, 0.1) is 0 Å². The number of nitrogens with one attached hydrogen (secondary N) is 2. The number of quaternary nitrogens is 1. The van der Waals surface area contributed by atoms with Crippen LogP contribution in [-0.4, -0.2) is 49.1 Å². The van der Waals surface area contributed by atoms with Crippen LogP contribution < -0.4 is 15.3 Å². The van der Waals surface area contributed by atoms with Crippen LogP contribution in [0.2, 0.25) is 5.02 Å². The van der Waals surface area contributed by atoms with Crippen molar-refractivity contribution in [3.05, 3.63) is 34.9 Å². The van der Waals surface area contributed by atoms with Crippen LogP contribution in [0.4, 0.5) is 0 Å². The van der Waals surface area contributed by atoms with E-state index in [-0.39, 0.29) is 5.91 Å². The van der Waals surface area contributed by atoms with E-state index in [4.69, 9.17) is 31.4 Å². The zero-order chi connectivity index (χ0) is 17.9. The van der Waals surface area contributed by atoms with Gasteiger partial charge in [0.1, 0.15) is 0 Å². The largest absolute Gasteiger partial charge is 0.539 e. The molecule has 8 heteroatoms. The molecule has 0 unspecified atom stereocenters. The smallest absolute Gasteiger partial charge is 0.351 e. The Morgan fingerprint density at radius 2 is 1.88 bits per heavy atom. The molecule has 0 spiro atoms. The molecule has 1 aromatic carbocycles. The van der Waals surface area contributed by atoms with Crippen LogP contribution in [0.15, 0.2) is 24.3 Å². The Balaban J connectivity index is 0.000000413. The average molecular weight is 357 g/mol. The minimum Gasteiger partial charge on any atom is -0.539 e. The maximum absolute atomic E-state index is 11.8. The minimum absolute atomic E-state index is 0.0334. The topological polar surface area (TPSA) is 111 Å². The number of aliphatic carboxylic acids is 2. The number of carbonyl (C=O) groups excluding carboxylic acids is 2. The van der Waals surface area contributed by atoms with Gasteiger partial charge in [-0.3, -0.25) is 4.79 Å². The molecular weight excluding hydrogens is 336 g/mol. The molecule has 0 radical (unpaired) electrons. The Bertz CT molecular complexity index is 561. The van der Waals surface area contributed by atoms with Crippen LogP contribution in [-0.2, 0) is 9.59 Å². The fraction of sp³-hybridized carbons (Fsp3) is 0.438. The van der Waals surface area contributed by atoms with E-state index in [2.05, 4.69) is 5.32 Å². The molecule has 2 rings (SSSR count). The van der Waals surface area contributed by atoms with Gasteiger partial charge in [0.25, 0.3) is 5.91 Å². The first-order valence-corrected chi connectivity index (χ1v) is 8.09. The number of halogens is 1. The van der Waals surface area contributed by atoms with E-state index in [1.165, 1.54) is 25.9 Å². The summed E-state index contributed by atoms with van der Waals surface area (Å²) in [5, 5.41) is 19.9. The predicted octanol–water partition coefficient (Wildman–Crippen LogP) is -1.04. The van der Waals surface area contributed by atoms with Crippen molar-refractivity contribution in [3.8, 4) is 0 Å². The molecule has 1 aromatic rings. The number of carboxylic acids is 2.